The number of carbonyl (C=O) groups is 1. The largest absolute Gasteiger partial charge is 0.494 e. The first-order chi connectivity index (χ1) is 12.5. The van der Waals surface area contributed by atoms with Crippen LogP contribution in [0, 0.1) is 5.82 Å². The second-order valence-corrected chi connectivity index (χ2v) is 6.25. The summed E-state index contributed by atoms with van der Waals surface area (Å²) in [5.74, 6) is -0.206. The molecule has 1 aromatic carbocycles. The Labute approximate surface area is 151 Å². The summed E-state index contributed by atoms with van der Waals surface area (Å²) < 4.78 is 29.6. The van der Waals surface area contributed by atoms with Gasteiger partial charge in [-0.1, -0.05) is 12.1 Å². The quantitative estimate of drug-likeness (QED) is 0.851. The van der Waals surface area contributed by atoms with Crippen molar-refractivity contribution in [2.45, 2.75) is 38.1 Å². The van der Waals surface area contributed by atoms with Gasteiger partial charge in [-0.25, -0.2) is 9.18 Å². The Bertz CT molecular complexity index is 776. The van der Waals surface area contributed by atoms with E-state index in [4.69, 9.17) is 19.9 Å². The van der Waals surface area contributed by atoms with Crippen molar-refractivity contribution in [2.75, 3.05) is 7.11 Å². The smallest absolute Gasteiger partial charge is 0.404 e. The fourth-order valence-corrected chi connectivity index (χ4v) is 2.91. The van der Waals surface area contributed by atoms with E-state index >= 15 is 0 Å². The third kappa shape index (κ3) is 4.11. The number of hydrogen-bond acceptors (Lipinski definition) is 5. The first kappa shape index (κ1) is 18.1. The summed E-state index contributed by atoms with van der Waals surface area (Å²) >= 11 is 0. The number of hydrogen-bond donors (Lipinski definition) is 1. The van der Waals surface area contributed by atoms with Gasteiger partial charge in [-0.15, -0.1) is 0 Å². The number of nitrogens with zero attached hydrogens (tertiary/aromatic N) is 1. The molecule has 6 nitrogen and oxygen atoms in total. The first-order valence-electron chi connectivity index (χ1n) is 8.37. The van der Waals surface area contributed by atoms with E-state index in [-0.39, 0.29) is 24.1 Å². The van der Waals surface area contributed by atoms with Crippen LogP contribution in [-0.4, -0.2) is 30.4 Å². The van der Waals surface area contributed by atoms with E-state index in [0.717, 1.165) is 16.8 Å². The van der Waals surface area contributed by atoms with Crippen molar-refractivity contribution in [3.05, 3.63) is 48.0 Å². The maximum absolute atomic E-state index is 13.8. The summed E-state index contributed by atoms with van der Waals surface area (Å²) in [6.45, 7) is 1.91. The number of benzene rings is 1. The summed E-state index contributed by atoms with van der Waals surface area (Å²) in [4.78, 5) is 15.1. The Hall–Kier alpha value is -2.67. The average Bonchev–Trinajstić information content (AvgIpc) is 2.59. The molecule has 1 unspecified atom stereocenters. The highest BCUT2D eigenvalue weighted by Gasteiger charge is 2.34. The molecule has 2 aromatic rings. The minimum absolute atomic E-state index is 0.0199. The topological polar surface area (TPSA) is 83.7 Å². The van der Waals surface area contributed by atoms with Gasteiger partial charge < -0.3 is 19.9 Å². The molecule has 1 fully saturated rings. The molecule has 7 heteroatoms. The number of methoxy groups -OCH3 is 1. The van der Waals surface area contributed by atoms with E-state index in [2.05, 4.69) is 4.98 Å². The molecule has 1 amide bonds. The number of rotatable bonds is 6. The van der Waals surface area contributed by atoms with E-state index in [0.29, 0.717) is 12.8 Å². The van der Waals surface area contributed by atoms with E-state index < -0.39 is 11.9 Å². The molecule has 1 aliphatic carbocycles. The number of primary amides is 1. The van der Waals surface area contributed by atoms with Gasteiger partial charge in [-0.05, 0) is 30.7 Å². The van der Waals surface area contributed by atoms with Gasteiger partial charge in [0.15, 0.2) is 11.6 Å². The molecular formula is C19H21FN2O4. The normalized spacial score (nSPS) is 20.1. The van der Waals surface area contributed by atoms with Gasteiger partial charge in [0.05, 0.1) is 25.0 Å². The molecule has 1 aromatic heterocycles. The van der Waals surface area contributed by atoms with Crippen molar-refractivity contribution in [1.82, 2.24) is 4.98 Å². The predicted molar refractivity (Wildman–Crippen MR) is 93.2 cm³/mol. The zero-order valence-electron chi connectivity index (χ0n) is 14.6. The van der Waals surface area contributed by atoms with Gasteiger partial charge in [0.1, 0.15) is 6.10 Å². The van der Waals surface area contributed by atoms with Crippen molar-refractivity contribution in [2.24, 2.45) is 5.73 Å². The molecular weight excluding hydrogens is 339 g/mol. The maximum atomic E-state index is 13.8. The lowest BCUT2D eigenvalue weighted by atomic mass is 9.91. The number of halogens is 1. The van der Waals surface area contributed by atoms with E-state index in [1.807, 2.05) is 19.1 Å². The SMILES string of the molecule is COc1ccc(-c2ccc(C(C)OC3CC(OC(N)=O)C3)nc2)cc1F. The minimum atomic E-state index is -0.756. The monoisotopic (exact) mass is 360 g/mol. The van der Waals surface area contributed by atoms with Gasteiger partial charge in [-0.3, -0.25) is 4.98 Å². The average molecular weight is 360 g/mol. The Balaban J connectivity index is 1.59. The van der Waals surface area contributed by atoms with E-state index in [9.17, 15) is 9.18 Å². The number of amides is 1. The molecule has 1 atom stereocenters. The third-order valence-electron chi connectivity index (χ3n) is 4.42. The van der Waals surface area contributed by atoms with Crippen LogP contribution in [0.3, 0.4) is 0 Å². The van der Waals surface area contributed by atoms with Crippen LogP contribution < -0.4 is 10.5 Å². The van der Waals surface area contributed by atoms with Crippen molar-refractivity contribution >= 4 is 6.09 Å². The summed E-state index contributed by atoms with van der Waals surface area (Å²) in [6.07, 6.45) is 1.87. The Morgan fingerprint density at radius 2 is 1.96 bits per heavy atom. The molecule has 0 aliphatic heterocycles. The van der Waals surface area contributed by atoms with E-state index in [1.54, 1.807) is 18.3 Å². The number of pyridine rings is 1. The van der Waals surface area contributed by atoms with Crippen LogP contribution in [0.4, 0.5) is 9.18 Å². The predicted octanol–water partition coefficient (Wildman–Crippen LogP) is 3.60. The van der Waals surface area contributed by atoms with Crippen LogP contribution in [0.1, 0.15) is 31.6 Å². The number of ether oxygens (including phenoxy) is 3. The highest BCUT2D eigenvalue weighted by atomic mass is 19.1. The lowest BCUT2D eigenvalue weighted by Crippen LogP contribution is -2.40. The second-order valence-electron chi connectivity index (χ2n) is 6.25. The highest BCUT2D eigenvalue weighted by molar-refractivity contribution is 5.65. The van der Waals surface area contributed by atoms with Gasteiger partial charge in [-0.2, -0.15) is 0 Å². The fourth-order valence-electron chi connectivity index (χ4n) is 2.91. The van der Waals surface area contributed by atoms with Crippen molar-refractivity contribution in [3.8, 4) is 16.9 Å². The molecule has 3 rings (SSSR count). The summed E-state index contributed by atoms with van der Waals surface area (Å²) in [5.41, 5.74) is 7.30. The van der Waals surface area contributed by atoms with Crippen LogP contribution in [0.5, 0.6) is 5.75 Å². The van der Waals surface area contributed by atoms with Gasteiger partial charge in [0.2, 0.25) is 0 Å². The summed E-state index contributed by atoms with van der Waals surface area (Å²) in [6, 6.07) is 8.53. The highest BCUT2D eigenvalue weighted by Crippen LogP contribution is 2.31. The molecule has 0 radical (unpaired) electrons. The van der Waals surface area contributed by atoms with Crippen molar-refractivity contribution in [3.63, 3.8) is 0 Å². The standard InChI is InChI=1S/C19H21FN2O4/c1-11(25-14-8-15(9-14)26-19(21)23)17-5-3-13(10-22-17)12-4-6-18(24-2)16(20)7-12/h3-7,10-11,14-15H,8-9H2,1-2H3,(H2,21,23). The minimum Gasteiger partial charge on any atom is -0.494 e. The van der Waals surface area contributed by atoms with Crippen molar-refractivity contribution in [1.29, 1.82) is 0 Å². The molecule has 1 heterocycles. The van der Waals surface area contributed by atoms with Crippen LogP contribution in [0.15, 0.2) is 36.5 Å². The lowest BCUT2D eigenvalue weighted by molar-refractivity contribution is -0.102. The molecule has 0 bridgehead atoms. The Morgan fingerprint density at radius 1 is 1.23 bits per heavy atom. The molecule has 138 valence electrons. The summed E-state index contributed by atoms with van der Waals surface area (Å²) in [7, 11) is 1.43. The number of aromatic nitrogens is 1. The Kier molecular flexibility index (Phi) is 5.37. The molecule has 26 heavy (non-hydrogen) atoms. The zero-order chi connectivity index (χ0) is 18.7. The molecule has 1 aliphatic rings. The molecule has 1 saturated carbocycles. The Morgan fingerprint density at radius 3 is 2.54 bits per heavy atom. The molecule has 2 N–H and O–H groups in total. The molecule has 0 saturated heterocycles. The van der Waals surface area contributed by atoms with Crippen LogP contribution in [-0.2, 0) is 9.47 Å². The maximum Gasteiger partial charge on any atom is 0.404 e. The van der Waals surface area contributed by atoms with Gasteiger partial charge >= 0.3 is 6.09 Å². The van der Waals surface area contributed by atoms with Gasteiger partial charge in [0, 0.05) is 24.6 Å². The first-order valence-corrected chi connectivity index (χ1v) is 8.37. The number of nitrogens with two attached hydrogens (primary N) is 1. The lowest BCUT2D eigenvalue weighted by Gasteiger charge is -2.35. The van der Waals surface area contributed by atoms with Crippen LogP contribution in [0.2, 0.25) is 0 Å². The second kappa shape index (κ2) is 7.70. The third-order valence-corrected chi connectivity index (χ3v) is 4.42. The number of carbonyl (C=O) groups excluding carboxylic acids is 1. The van der Waals surface area contributed by atoms with Crippen LogP contribution in [0.25, 0.3) is 11.1 Å². The molecule has 0 spiro atoms. The summed E-state index contributed by atoms with van der Waals surface area (Å²) in [5, 5.41) is 0. The fraction of sp³-hybridized carbons (Fsp3) is 0.368. The van der Waals surface area contributed by atoms with Gasteiger partial charge in [0.25, 0.3) is 0 Å². The zero-order valence-corrected chi connectivity index (χ0v) is 14.6. The van der Waals surface area contributed by atoms with Crippen LogP contribution >= 0.6 is 0 Å². The van der Waals surface area contributed by atoms with E-state index in [1.165, 1.54) is 13.2 Å². The van der Waals surface area contributed by atoms with Crippen molar-refractivity contribution < 1.29 is 23.4 Å².